The molecule has 1 fully saturated rings. The maximum atomic E-state index is 12.8. The summed E-state index contributed by atoms with van der Waals surface area (Å²) in [5, 5.41) is 5.85. The van der Waals surface area contributed by atoms with Gasteiger partial charge in [-0.15, -0.1) is 0 Å². The summed E-state index contributed by atoms with van der Waals surface area (Å²) in [6.07, 6.45) is 2.04. The number of sulfonamides is 1. The maximum absolute atomic E-state index is 12.8. The number of hydrogen-bond acceptors (Lipinski definition) is 4. The molecular formula is C19H29N5O4S. The lowest BCUT2D eigenvalue weighted by atomic mass is 10.1. The SMILES string of the molecule is CCNC(=O)N1CCC(NC(=O)N2CCc3cc(S(=O)(=O)N(C)C)ccc32)CC1. The molecule has 1 saturated heterocycles. The Morgan fingerprint density at radius 1 is 1.14 bits per heavy atom. The lowest BCUT2D eigenvalue weighted by Gasteiger charge is -2.33. The minimum atomic E-state index is -3.50. The van der Waals surface area contributed by atoms with Crippen molar-refractivity contribution in [1.29, 1.82) is 0 Å². The molecule has 0 spiro atoms. The summed E-state index contributed by atoms with van der Waals surface area (Å²) in [6.45, 7) is 4.22. The number of fused-ring (bicyclic) bond motifs is 1. The van der Waals surface area contributed by atoms with Gasteiger partial charge in [-0.05, 0) is 49.9 Å². The highest BCUT2D eigenvalue weighted by Gasteiger charge is 2.30. The molecule has 0 atom stereocenters. The number of carbonyl (C=O) groups excluding carboxylic acids is 2. The smallest absolute Gasteiger partial charge is 0.322 e. The number of benzene rings is 1. The van der Waals surface area contributed by atoms with Gasteiger partial charge >= 0.3 is 12.1 Å². The van der Waals surface area contributed by atoms with Crippen molar-refractivity contribution in [1.82, 2.24) is 19.8 Å². The summed E-state index contributed by atoms with van der Waals surface area (Å²) in [5.74, 6) is 0. The van der Waals surface area contributed by atoms with Gasteiger partial charge in [0.25, 0.3) is 0 Å². The molecule has 0 aromatic heterocycles. The van der Waals surface area contributed by atoms with Crippen molar-refractivity contribution in [2.75, 3.05) is 45.2 Å². The Balaban J connectivity index is 1.61. The number of amides is 4. The second-order valence-corrected chi connectivity index (χ2v) is 9.68. The van der Waals surface area contributed by atoms with Gasteiger partial charge < -0.3 is 15.5 Å². The highest BCUT2D eigenvalue weighted by atomic mass is 32.2. The number of nitrogens with one attached hydrogen (secondary N) is 2. The predicted molar refractivity (Wildman–Crippen MR) is 111 cm³/mol. The van der Waals surface area contributed by atoms with Crippen LogP contribution in [-0.4, -0.2) is 76.0 Å². The minimum Gasteiger partial charge on any atom is -0.338 e. The van der Waals surface area contributed by atoms with Crippen molar-refractivity contribution in [3.8, 4) is 0 Å². The maximum Gasteiger partial charge on any atom is 0.322 e. The first kappa shape index (κ1) is 21.4. The first-order valence-corrected chi connectivity index (χ1v) is 11.3. The van der Waals surface area contributed by atoms with Gasteiger partial charge in [0.1, 0.15) is 0 Å². The van der Waals surface area contributed by atoms with E-state index in [0.29, 0.717) is 45.4 Å². The fraction of sp³-hybridized carbons (Fsp3) is 0.579. The largest absolute Gasteiger partial charge is 0.338 e. The zero-order chi connectivity index (χ0) is 21.2. The number of anilines is 1. The second kappa shape index (κ2) is 8.58. The molecule has 4 amide bonds. The van der Waals surface area contributed by atoms with E-state index in [1.807, 2.05) is 6.92 Å². The number of nitrogens with zero attached hydrogens (tertiary/aromatic N) is 3. The van der Waals surface area contributed by atoms with E-state index in [9.17, 15) is 18.0 Å². The highest BCUT2D eigenvalue weighted by molar-refractivity contribution is 7.89. The standard InChI is InChI=1S/C19H29N5O4S/c1-4-20-18(25)23-10-8-15(9-11-23)21-19(26)24-12-7-14-13-16(5-6-17(14)24)29(27,28)22(2)3/h5-6,13,15H,4,7-12H2,1-3H3,(H,20,25)(H,21,26). The average molecular weight is 424 g/mol. The fourth-order valence-corrected chi connectivity index (χ4v) is 4.66. The summed E-state index contributed by atoms with van der Waals surface area (Å²) in [5.41, 5.74) is 1.61. The zero-order valence-electron chi connectivity index (χ0n) is 17.1. The molecule has 0 radical (unpaired) electrons. The monoisotopic (exact) mass is 423 g/mol. The molecule has 2 aliphatic rings. The lowest BCUT2D eigenvalue weighted by Crippen LogP contribution is -2.51. The van der Waals surface area contributed by atoms with Crippen molar-refractivity contribution < 1.29 is 18.0 Å². The third kappa shape index (κ3) is 4.48. The Morgan fingerprint density at radius 2 is 1.83 bits per heavy atom. The van der Waals surface area contributed by atoms with Gasteiger partial charge in [-0.2, -0.15) is 0 Å². The van der Waals surface area contributed by atoms with Crippen molar-refractivity contribution >= 4 is 27.8 Å². The van der Waals surface area contributed by atoms with Crippen LogP contribution < -0.4 is 15.5 Å². The van der Waals surface area contributed by atoms with E-state index in [4.69, 9.17) is 0 Å². The Hall–Kier alpha value is -2.33. The molecular weight excluding hydrogens is 394 g/mol. The second-order valence-electron chi connectivity index (χ2n) is 7.53. The Labute approximate surface area is 172 Å². The number of hydrogen-bond donors (Lipinski definition) is 2. The van der Waals surface area contributed by atoms with Gasteiger partial charge in [-0.3, -0.25) is 4.90 Å². The molecule has 0 saturated carbocycles. The molecule has 9 nitrogen and oxygen atoms in total. The van der Waals surface area contributed by atoms with Gasteiger partial charge in [0, 0.05) is 52.0 Å². The van der Waals surface area contributed by atoms with Crippen LogP contribution in [0, 0.1) is 0 Å². The number of piperidine rings is 1. The van der Waals surface area contributed by atoms with Crippen molar-refractivity contribution in [3.63, 3.8) is 0 Å². The van der Waals surface area contributed by atoms with E-state index in [-0.39, 0.29) is 23.0 Å². The number of carbonyl (C=O) groups is 2. The van der Waals surface area contributed by atoms with Crippen LogP contribution in [0.3, 0.4) is 0 Å². The molecule has 2 N–H and O–H groups in total. The number of urea groups is 2. The van der Waals surface area contributed by atoms with Crippen LogP contribution >= 0.6 is 0 Å². The molecule has 10 heteroatoms. The first-order chi connectivity index (χ1) is 13.7. The van der Waals surface area contributed by atoms with Gasteiger partial charge in [0.05, 0.1) is 4.90 Å². The number of rotatable bonds is 4. The quantitative estimate of drug-likeness (QED) is 0.760. The molecule has 1 aromatic rings. The van der Waals surface area contributed by atoms with E-state index in [1.165, 1.54) is 18.4 Å². The van der Waals surface area contributed by atoms with Crippen molar-refractivity contribution in [2.45, 2.75) is 37.1 Å². The lowest BCUT2D eigenvalue weighted by molar-refractivity contribution is 0.177. The molecule has 2 aliphatic heterocycles. The van der Waals surface area contributed by atoms with E-state index >= 15 is 0 Å². The van der Waals surface area contributed by atoms with Crippen molar-refractivity contribution in [2.24, 2.45) is 0 Å². The Morgan fingerprint density at radius 3 is 2.45 bits per heavy atom. The fourth-order valence-electron chi connectivity index (χ4n) is 3.70. The third-order valence-corrected chi connectivity index (χ3v) is 7.22. The van der Waals surface area contributed by atoms with Gasteiger partial charge in [0.15, 0.2) is 0 Å². The topological polar surface area (TPSA) is 102 Å². The normalized spacial score (nSPS) is 17.4. The van der Waals surface area contributed by atoms with Crippen LogP contribution in [0.2, 0.25) is 0 Å². The molecule has 0 bridgehead atoms. The minimum absolute atomic E-state index is 0.0191. The Kier molecular flexibility index (Phi) is 6.33. The van der Waals surface area contributed by atoms with Gasteiger partial charge in [-0.1, -0.05) is 0 Å². The highest BCUT2D eigenvalue weighted by Crippen LogP contribution is 2.31. The molecule has 0 aliphatic carbocycles. The zero-order valence-corrected chi connectivity index (χ0v) is 18.0. The van der Waals surface area contributed by atoms with Crippen LogP contribution in [0.25, 0.3) is 0 Å². The molecule has 0 unspecified atom stereocenters. The molecule has 1 aromatic carbocycles. The van der Waals surface area contributed by atoms with E-state index in [2.05, 4.69) is 10.6 Å². The summed E-state index contributed by atoms with van der Waals surface area (Å²) in [6, 6.07) is 4.69. The van der Waals surface area contributed by atoms with Crippen LogP contribution in [0.15, 0.2) is 23.1 Å². The van der Waals surface area contributed by atoms with Crippen LogP contribution in [0.1, 0.15) is 25.3 Å². The molecule has 29 heavy (non-hydrogen) atoms. The van der Waals surface area contributed by atoms with Crippen LogP contribution in [-0.2, 0) is 16.4 Å². The molecule has 160 valence electrons. The summed E-state index contributed by atoms with van der Waals surface area (Å²) >= 11 is 0. The van der Waals surface area contributed by atoms with E-state index in [0.717, 1.165) is 11.3 Å². The third-order valence-electron chi connectivity index (χ3n) is 5.41. The predicted octanol–water partition coefficient (Wildman–Crippen LogP) is 1.20. The summed E-state index contributed by atoms with van der Waals surface area (Å²) in [7, 11) is -0.499. The van der Waals surface area contributed by atoms with E-state index < -0.39 is 10.0 Å². The van der Waals surface area contributed by atoms with Crippen molar-refractivity contribution in [3.05, 3.63) is 23.8 Å². The average Bonchev–Trinajstić information content (AvgIpc) is 3.12. The summed E-state index contributed by atoms with van der Waals surface area (Å²) in [4.78, 5) is 28.3. The van der Waals surface area contributed by atoms with Gasteiger partial charge in [0.2, 0.25) is 10.0 Å². The molecule has 2 heterocycles. The van der Waals surface area contributed by atoms with Crippen LogP contribution in [0.5, 0.6) is 0 Å². The van der Waals surface area contributed by atoms with Crippen LogP contribution in [0.4, 0.5) is 15.3 Å². The summed E-state index contributed by atoms with van der Waals surface area (Å²) < 4.78 is 25.8. The molecule has 3 rings (SSSR count). The Bertz CT molecular complexity index is 879. The first-order valence-electron chi connectivity index (χ1n) is 9.90. The van der Waals surface area contributed by atoms with Gasteiger partial charge in [-0.25, -0.2) is 22.3 Å². The van der Waals surface area contributed by atoms with E-state index in [1.54, 1.807) is 28.0 Å². The number of likely N-dealkylation sites (tertiary alicyclic amines) is 1.